The third kappa shape index (κ3) is 2.07. The van der Waals surface area contributed by atoms with Crippen LogP contribution in [0.3, 0.4) is 0 Å². The zero-order chi connectivity index (χ0) is 14.4. The van der Waals surface area contributed by atoms with Gasteiger partial charge in [0.05, 0.1) is 0 Å². The van der Waals surface area contributed by atoms with E-state index in [-0.39, 0.29) is 11.1 Å². The maximum absolute atomic E-state index is 6.09. The lowest BCUT2D eigenvalue weighted by Crippen LogP contribution is -2.51. The highest BCUT2D eigenvalue weighted by Crippen LogP contribution is 2.49. The first-order valence-electron chi connectivity index (χ1n) is 7.84. The standard InChI is InChI=1S/C19H25N/c1-5-19(13-8-14-20(19)18(2,3)4)17-10-7-6-9-16(17)15-11-12-15/h1,6-7,9-10,15H,8,11-14H2,2-4H3. The highest BCUT2D eigenvalue weighted by Gasteiger charge is 2.47. The monoisotopic (exact) mass is 267 g/mol. The molecule has 0 amide bonds. The van der Waals surface area contributed by atoms with Crippen molar-refractivity contribution in [3.63, 3.8) is 0 Å². The van der Waals surface area contributed by atoms with Crippen LogP contribution in [-0.4, -0.2) is 17.0 Å². The summed E-state index contributed by atoms with van der Waals surface area (Å²) in [5.74, 6) is 3.95. The van der Waals surface area contributed by atoms with Crippen molar-refractivity contribution in [2.45, 2.75) is 63.5 Å². The van der Waals surface area contributed by atoms with Gasteiger partial charge in [0, 0.05) is 12.1 Å². The van der Waals surface area contributed by atoms with Crippen molar-refractivity contribution in [1.82, 2.24) is 4.90 Å². The van der Waals surface area contributed by atoms with Crippen molar-refractivity contribution < 1.29 is 0 Å². The topological polar surface area (TPSA) is 3.24 Å². The molecule has 1 aromatic carbocycles. The lowest BCUT2D eigenvalue weighted by molar-refractivity contribution is 0.0791. The molecule has 1 aromatic rings. The minimum Gasteiger partial charge on any atom is -0.279 e. The van der Waals surface area contributed by atoms with Crippen LogP contribution in [0.2, 0.25) is 0 Å². The van der Waals surface area contributed by atoms with E-state index in [2.05, 4.69) is 55.9 Å². The molecular formula is C19H25N. The molecule has 20 heavy (non-hydrogen) atoms. The molecule has 106 valence electrons. The molecule has 0 radical (unpaired) electrons. The summed E-state index contributed by atoms with van der Waals surface area (Å²) in [7, 11) is 0. The van der Waals surface area contributed by atoms with Gasteiger partial charge in [-0.25, -0.2) is 0 Å². The summed E-state index contributed by atoms with van der Waals surface area (Å²) in [5.41, 5.74) is 2.82. The van der Waals surface area contributed by atoms with Gasteiger partial charge >= 0.3 is 0 Å². The van der Waals surface area contributed by atoms with Gasteiger partial charge < -0.3 is 0 Å². The third-order valence-electron chi connectivity index (χ3n) is 4.85. The lowest BCUT2D eigenvalue weighted by Gasteiger charge is -2.44. The Morgan fingerprint density at radius 1 is 1.25 bits per heavy atom. The van der Waals surface area contributed by atoms with E-state index in [0.29, 0.717) is 0 Å². The van der Waals surface area contributed by atoms with Crippen LogP contribution < -0.4 is 0 Å². The zero-order valence-electron chi connectivity index (χ0n) is 12.9. The Hall–Kier alpha value is -1.26. The Labute approximate surface area is 123 Å². The fourth-order valence-electron chi connectivity index (χ4n) is 3.86. The Bertz CT molecular complexity index is 542. The first-order chi connectivity index (χ1) is 9.49. The lowest BCUT2D eigenvalue weighted by atomic mass is 9.81. The molecule has 1 atom stereocenters. The average molecular weight is 267 g/mol. The van der Waals surface area contributed by atoms with Crippen molar-refractivity contribution in [3.05, 3.63) is 35.4 Å². The summed E-state index contributed by atoms with van der Waals surface area (Å²) in [6.45, 7) is 7.95. The molecule has 0 spiro atoms. The summed E-state index contributed by atoms with van der Waals surface area (Å²) >= 11 is 0. The van der Waals surface area contributed by atoms with Crippen LogP contribution >= 0.6 is 0 Å². The van der Waals surface area contributed by atoms with E-state index < -0.39 is 0 Å². The Morgan fingerprint density at radius 3 is 2.55 bits per heavy atom. The average Bonchev–Trinajstić information content (AvgIpc) is 3.16. The molecule has 1 aliphatic heterocycles. The molecule has 1 unspecified atom stereocenters. The molecule has 1 saturated carbocycles. The van der Waals surface area contributed by atoms with Crippen molar-refractivity contribution in [2.75, 3.05) is 6.54 Å². The number of nitrogens with zero attached hydrogens (tertiary/aromatic N) is 1. The Balaban J connectivity index is 2.12. The van der Waals surface area contributed by atoms with E-state index >= 15 is 0 Å². The molecule has 1 heteroatoms. The highest BCUT2D eigenvalue weighted by atomic mass is 15.3. The van der Waals surface area contributed by atoms with E-state index in [4.69, 9.17) is 6.42 Å². The third-order valence-corrected chi connectivity index (χ3v) is 4.85. The van der Waals surface area contributed by atoms with Crippen LogP contribution in [0.4, 0.5) is 0 Å². The van der Waals surface area contributed by atoms with E-state index in [1.54, 1.807) is 0 Å². The molecule has 2 fully saturated rings. The van der Waals surface area contributed by atoms with Gasteiger partial charge in [-0.2, -0.15) is 0 Å². The first-order valence-corrected chi connectivity index (χ1v) is 7.84. The molecule has 2 aliphatic rings. The van der Waals surface area contributed by atoms with Crippen molar-refractivity contribution >= 4 is 0 Å². The van der Waals surface area contributed by atoms with E-state index in [1.807, 2.05) is 0 Å². The van der Waals surface area contributed by atoms with Crippen LogP contribution in [0.25, 0.3) is 0 Å². The maximum atomic E-state index is 6.09. The van der Waals surface area contributed by atoms with Crippen LogP contribution in [0, 0.1) is 12.3 Å². The number of benzene rings is 1. The molecule has 1 saturated heterocycles. The molecular weight excluding hydrogens is 242 g/mol. The Kier molecular flexibility index (Phi) is 3.18. The van der Waals surface area contributed by atoms with Crippen LogP contribution in [0.1, 0.15) is 63.5 Å². The second-order valence-electron chi connectivity index (χ2n) is 7.29. The molecule has 3 rings (SSSR count). The zero-order valence-corrected chi connectivity index (χ0v) is 12.9. The molecule has 1 aliphatic carbocycles. The van der Waals surface area contributed by atoms with E-state index in [9.17, 15) is 0 Å². The smallest absolute Gasteiger partial charge is 0.109 e. The van der Waals surface area contributed by atoms with Gasteiger partial charge in [0.25, 0.3) is 0 Å². The van der Waals surface area contributed by atoms with Gasteiger partial charge in [0.15, 0.2) is 0 Å². The van der Waals surface area contributed by atoms with Gasteiger partial charge in [-0.15, -0.1) is 6.42 Å². The predicted molar refractivity (Wildman–Crippen MR) is 84.6 cm³/mol. The summed E-state index contributed by atoms with van der Waals surface area (Å²) in [6, 6.07) is 8.89. The summed E-state index contributed by atoms with van der Waals surface area (Å²) < 4.78 is 0. The van der Waals surface area contributed by atoms with Crippen LogP contribution in [-0.2, 0) is 5.54 Å². The second kappa shape index (κ2) is 4.64. The summed E-state index contributed by atoms with van der Waals surface area (Å²) in [6.07, 6.45) is 11.0. The van der Waals surface area contributed by atoms with Crippen molar-refractivity contribution in [2.24, 2.45) is 0 Å². The number of hydrogen-bond acceptors (Lipinski definition) is 1. The van der Waals surface area contributed by atoms with Crippen molar-refractivity contribution in [1.29, 1.82) is 0 Å². The molecule has 0 aromatic heterocycles. The fourth-order valence-corrected chi connectivity index (χ4v) is 3.86. The predicted octanol–water partition coefficient (Wildman–Crippen LogP) is 4.29. The number of terminal acetylenes is 1. The maximum Gasteiger partial charge on any atom is 0.109 e. The number of rotatable bonds is 2. The first kappa shape index (κ1) is 13.7. The highest BCUT2D eigenvalue weighted by molar-refractivity contribution is 5.44. The number of likely N-dealkylation sites (tertiary alicyclic amines) is 1. The SMILES string of the molecule is C#CC1(c2ccccc2C2CC2)CCCN1C(C)(C)C. The number of hydrogen-bond donors (Lipinski definition) is 0. The van der Waals surface area contributed by atoms with Gasteiger partial charge in [0.2, 0.25) is 0 Å². The fraction of sp³-hybridized carbons (Fsp3) is 0.579. The van der Waals surface area contributed by atoms with Crippen molar-refractivity contribution in [3.8, 4) is 12.3 Å². The van der Waals surface area contributed by atoms with Gasteiger partial charge in [0.1, 0.15) is 5.54 Å². The quantitative estimate of drug-likeness (QED) is 0.723. The minimum absolute atomic E-state index is 0.111. The molecule has 1 heterocycles. The largest absolute Gasteiger partial charge is 0.279 e. The minimum atomic E-state index is -0.197. The van der Waals surface area contributed by atoms with Gasteiger partial charge in [-0.1, -0.05) is 30.2 Å². The Morgan fingerprint density at radius 2 is 1.95 bits per heavy atom. The summed E-state index contributed by atoms with van der Waals surface area (Å²) in [4.78, 5) is 2.54. The van der Waals surface area contributed by atoms with E-state index in [0.717, 1.165) is 18.9 Å². The second-order valence-corrected chi connectivity index (χ2v) is 7.29. The van der Waals surface area contributed by atoms with Crippen LogP contribution in [0.15, 0.2) is 24.3 Å². The van der Waals surface area contributed by atoms with E-state index in [1.165, 1.54) is 30.4 Å². The molecule has 1 nitrogen and oxygen atoms in total. The summed E-state index contributed by atoms with van der Waals surface area (Å²) in [5, 5.41) is 0. The normalized spacial score (nSPS) is 27.5. The van der Waals surface area contributed by atoms with Gasteiger partial charge in [-0.3, -0.25) is 4.90 Å². The molecule has 0 bridgehead atoms. The molecule has 0 N–H and O–H groups in total. The van der Waals surface area contributed by atoms with Crippen LogP contribution in [0.5, 0.6) is 0 Å². The van der Waals surface area contributed by atoms with Gasteiger partial charge in [-0.05, 0) is 63.5 Å².